The Morgan fingerprint density at radius 1 is 1.08 bits per heavy atom. The summed E-state index contributed by atoms with van der Waals surface area (Å²) >= 11 is 0. The number of nitrogens with one attached hydrogen (secondary N) is 1. The van der Waals surface area contributed by atoms with Crippen molar-refractivity contribution in [2.24, 2.45) is 5.92 Å². The van der Waals surface area contributed by atoms with Crippen LogP contribution in [0.5, 0.6) is 17.4 Å². The van der Waals surface area contributed by atoms with Crippen molar-refractivity contribution in [2.45, 2.75) is 77.5 Å². The second-order valence-corrected chi connectivity index (χ2v) is 11.3. The highest BCUT2D eigenvalue weighted by Gasteiger charge is 2.32. The van der Waals surface area contributed by atoms with Gasteiger partial charge < -0.3 is 29.2 Å². The number of hydrogen-bond donors (Lipinski definition) is 1. The van der Waals surface area contributed by atoms with Crippen molar-refractivity contribution in [1.29, 1.82) is 0 Å². The topological polar surface area (TPSA) is 95.0 Å². The van der Waals surface area contributed by atoms with Gasteiger partial charge in [-0.2, -0.15) is 4.98 Å². The molecule has 200 valence electrons. The first-order chi connectivity index (χ1) is 17.7. The van der Waals surface area contributed by atoms with Crippen LogP contribution in [0.1, 0.15) is 59.8 Å². The van der Waals surface area contributed by atoms with Crippen molar-refractivity contribution in [3.05, 3.63) is 24.4 Å². The molecule has 0 bridgehead atoms. The van der Waals surface area contributed by atoms with Crippen LogP contribution < -0.4 is 19.5 Å². The van der Waals surface area contributed by atoms with Crippen molar-refractivity contribution in [2.75, 3.05) is 31.6 Å². The number of carbonyl (C=O) groups excluding carboxylic acids is 1. The highest BCUT2D eigenvalue weighted by atomic mass is 16.6. The molecule has 0 spiro atoms. The summed E-state index contributed by atoms with van der Waals surface area (Å²) in [5.74, 6) is 3.26. The molecular formula is C28H38N4O5. The third kappa shape index (κ3) is 6.37. The van der Waals surface area contributed by atoms with E-state index in [9.17, 15) is 4.79 Å². The molecule has 3 heterocycles. The Morgan fingerprint density at radius 3 is 2.59 bits per heavy atom. The van der Waals surface area contributed by atoms with E-state index in [2.05, 4.69) is 17.2 Å². The number of rotatable bonds is 5. The molecule has 1 saturated heterocycles. The summed E-state index contributed by atoms with van der Waals surface area (Å²) in [6.45, 7) is 10.0. The largest absolute Gasteiger partial charge is 0.486 e. The second kappa shape index (κ2) is 10.6. The Morgan fingerprint density at radius 2 is 1.84 bits per heavy atom. The van der Waals surface area contributed by atoms with Crippen LogP contribution >= 0.6 is 0 Å². The maximum absolute atomic E-state index is 12.6. The Labute approximate surface area is 218 Å². The lowest BCUT2D eigenvalue weighted by Gasteiger charge is -2.27. The minimum Gasteiger partial charge on any atom is -0.486 e. The van der Waals surface area contributed by atoms with Gasteiger partial charge in [0.15, 0.2) is 11.5 Å². The van der Waals surface area contributed by atoms with Crippen LogP contribution in [0.2, 0.25) is 0 Å². The molecule has 2 aromatic rings. The number of anilines is 1. The number of carbonyl (C=O) groups is 1. The summed E-state index contributed by atoms with van der Waals surface area (Å²) in [7, 11) is 0. The fourth-order valence-electron chi connectivity index (χ4n) is 5.00. The van der Waals surface area contributed by atoms with Crippen LogP contribution in [0.15, 0.2) is 24.4 Å². The van der Waals surface area contributed by atoms with Gasteiger partial charge in [-0.15, -0.1) is 0 Å². The van der Waals surface area contributed by atoms with Crippen LogP contribution in [0, 0.1) is 5.92 Å². The molecule has 1 saturated carbocycles. The minimum atomic E-state index is -0.536. The third-order valence-electron chi connectivity index (χ3n) is 7.03. The molecule has 2 aliphatic heterocycles. The fourth-order valence-corrected chi connectivity index (χ4v) is 5.00. The van der Waals surface area contributed by atoms with Gasteiger partial charge in [-0.05, 0) is 70.1 Å². The average molecular weight is 511 g/mol. The quantitative estimate of drug-likeness (QED) is 0.580. The first kappa shape index (κ1) is 25.4. The Hall–Kier alpha value is -3.23. The van der Waals surface area contributed by atoms with E-state index in [1.54, 1.807) is 4.90 Å². The molecule has 1 unspecified atom stereocenters. The molecule has 1 N–H and O–H groups in total. The predicted octanol–water partition coefficient (Wildman–Crippen LogP) is 5.29. The Balaban J connectivity index is 1.36. The molecular weight excluding hydrogens is 472 g/mol. The lowest BCUT2D eigenvalue weighted by Crippen LogP contribution is -2.36. The highest BCUT2D eigenvalue weighted by Crippen LogP contribution is 2.38. The summed E-state index contributed by atoms with van der Waals surface area (Å²) in [5, 5.41) is 3.52. The number of likely N-dealkylation sites (tertiary alicyclic amines) is 1. The predicted molar refractivity (Wildman–Crippen MR) is 140 cm³/mol. The van der Waals surface area contributed by atoms with Crippen molar-refractivity contribution >= 4 is 12.0 Å². The van der Waals surface area contributed by atoms with Crippen molar-refractivity contribution < 1.29 is 23.7 Å². The fraction of sp³-hybridized carbons (Fsp3) is 0.607. The van der Waals surface area contributed by atoms with E-state index in [1.165, 1.54) is 12.8 Å². The number of amides is 1. The van der Waals surface area contributed by atoms with Crippen molar-refractivity contribution in [3.63, 3.8) is 0 Å². The molecule has 1 atom stereocenters. The van der Waals surface area contributed by atoms with Crippen LogP contribution in [0.4, 0.5) is 10.7 Å². The zero-order valence-corrected chi connectivity index (χ0v) is 22.3. The van der Waals surface area contributed by atoms with Crippen LogP contribution in [-0.2, 0) is 4.74 Å². The lowest BCUT2D eigenvalue weighted by molar-refractivity contribution is 0.0275. The summed E-state index contributed by atoms with van der Waals surface area (Å²) < 4.78 is 23.5. The van der Waals surface area contributed by atoms with Crippen molar-refractivity contribution in [3.8, 4) is 28.5 Å². The number of aromatic nitrogens is 2. The van der Waals surface area contributed by atoms with E-state index in [1.807, 2.05) is 45.2 Å². The van der Waals surface area contributed by atoms with Gasteiger partial charge in [-0.25, -0.2) is 9.78 Å². The number of ether oxygens (including phenoxy) is 4. The molecule has 0 radical (unpaired) electrons. The Bertz CT molecular complexity index is 1110. The van der Waals surface area contributed by atoms with Gasteiger partial charge in [-0.3, -0.25) is 0 Å². The van der Waals surface area contributed by atoms with Gasteiger partial charge in [0.05, 0.1) is 12.1 Å². The van der Waals surface area contributed by atoms with E-state index >= 15 is 0 Å². The van der Waals surface area contributed by atoms with E-state index in [0.717, 1.165) is 35.6 Å². The zero-order valence-electron chi connectivity index (χ0n) is 22.3. The number of fused-ring (bicyclic) bond motifs is 1. The Kier molecular flexibility index (Phi) is 7.31. The first-order valence-electron chi connectivity index (χ1n) is 13.4. The van der Waals surface area contributed by atoms with E-state index < -0.39 is 5.60 Å². The summed E-state index contributed by atoms with van der Waals surface area (Å²) in [4.78, 5) is 23.7. The van der Waals surface area contributed by atoms with E-state index in [-0.39, 0.29) is 12.2 Å². The van der Waals surface area contributed by atoms with Gasteiger partial charge in [0.25, 0.3) is 0 Å². The molecule has 1 aromatic carbocycles. The molecule has 1 amide bonds. The minimum absolute atomic E-state index is 0.193. The van der Waals surface area contributed by atoms with Gasteiger partial charge >= 0.3 is 6.09 Å². The first-order valence-corrected chi connectivity index (χ1v) is 13.4. The van der Waals surface area contributed by atoms with E-state index in [4.69, 9.17) is 23.9 Å². The van der Waals surface area contributed by atoms with Gasteiger partial charge in [0.1, 0.15) is 24.9 Å². The monoisotopic (exact) mass is 510 g/mol. The van der Waals surface area contributed by atoms with Gasteiger partial charge in [0, 0.05) is 25.2 Å². The average Bonchev–Trinajstić information content (AvgIpc) is 3.33. The normalized spacial score (nSPS) is 23.5. The van der Waals surface area contributed by atoms with Crippen molar-refractivity contribution in [1.82, 2.24) is 14.9 Å². The maximum atomic E-state index is 12.6. The van der Waals surface area contributed by atoms with Crippen LogP contribution in [-0.4, -0.2) is 65.0 Å². The van der Waals surface area contributed by atoms with Gasteiger partial charge in [-0.1, -0.05) is 13.0 Å². The lowest BCUT2D eigenvalue weighted by atomic mass is 9.87. The molecule has 2 fully saturated rings. The van der Waals surface area contributed by atoms with Crippen LogP contribution in [0.3, 0.4) is 0 Å². The van der Waals surface area contributed by atoms with Crippen LogP contribution in [0.25, 0.3) is 11.1 Å². The van der Waals surface area contributed by atoms with Gasteiger partial charge in [0.2, 0.25) is 11.8 Å². The molecule has 9 nitrogen and oxygen atoms in total. The smallest absolute Gasteiger partial charge is 0.410 e. The molecule has 9 heteroatoms. The molecule has 37 heavy (non-hydrogen) atoms. The zero-order chi connectivity index (χ0) is 26.0. The standard InChI is InChI=1S/C28H38N4O5/c1-18-5-8-20(9-6-18)30-26-29-16-22(19-7-10-23-24(15-19)35-14-13-34-23)25(31-26)36-21-11-12-32(17-21)27(33)37-28(2,3)4/h7,10,15-16,18,20-21H,5-6,8-9,11-14,17H2,1-4H3,(H,29,30,31). The maximum Gasteiger partial charge on any atom is 0.410 e. The number of nitrogens with zero attached hydrogens (tertiary/aromatic N) is 3. The third-order valence-corrected chi connectivity index (χ3v) is 7.03. The number of benzene rings is 1. The second-order valence-electron chi connectivity index (χ2n) is 11.3. The summed E-state index contributed by atoms with van der Waals surface area (Å²) in [6, 6.07) is 6.18. The highest BCUT2D eigenvalue weighted by molar-refractivity contribution is 5.72. The molecule has 3 aliphatic rings. The molecule has 1 aromatic heterocycles. The number of hydrogen-bond acceptors (Lipinski definition) is 8. The van der Waals surface area contributed by atoms with E-state index in [0.29, 0.717) is 56.3 Å². The SMILES string of the molecule is CC1CCC(Nc2ncc(-c3ccc4c(c3)OCCO4)c(OC3CCN(C(=O)OC(C)(C)C)C3)n2)CC1. The summed E-state index contributed by atoms with van der Waals surface area (Å²) in [6.07, 6.45) is 6.63. The summed E-state index contributed by atoms with van der Waals surface area (Å²) in [5.41, 5.74) is 1.13. The molecule has 5 rings (SSSR count). The molecule has 1 aliphatic carbocycles.